The van der Waals surface area contributed by atoms with Gasteiger partial charge in [-0.05, 0) is 25.1 Å². The number of aromatic nitrogens is 2. The summed E-state index contributed by atoms with van der Waals surface area (Å²) in [5.74, 6) is 1.27. The molecule has 1 saturated heterocycles. The van der Waals surface area contributed by atoms with Gasteiger partial charge in [0.25, 0.3) is 0 Å². The Balaban J connectivity index is 1.33. The zero-order chi connectivity index (χ0) is 28.3. The first kappa shape index (κ1) is 27.7. The number of rotatable bonds is 7. The minimum absolute atomic E-state index is 0.152. The van der Waals surface area contributed by atoms with Gasteiger partial charge in [-0.2, -0.15) is 5.10 Å². The van der Waals surface area contributed by atoms with Gasteiger partial charge in [-0.3, -0.25) is 20.5 Å². The van der Waals surface area contributed by atoms with E-state index in [-0.39, 0.29) is 11.5 Å². The lowest BCUT2D eigenvalue weighted by Crippen LogP contribution is -2.38. The minimum Gasteiger partial charge on any atom is -0.492 e. The highest BCUT2D eigenvalue weighted by atomic mass is 16.5. The van der Waals surface area contributed by atoms with E-state index in [1.165, 1.54) is 0 Å². The smallest absolute Gasteiger partial charge is 0.324 e. The maximum atomic E-state index is 13.3. The SMILES string of the molecule is CC1C=CC(n2nc(C(C)(C)C)cc2NC(=O)Nc2ccc(OCCN3CCOCC3)c3ccccc23)=CN1O. The molecule has 0 bridgehead atoms. The summed E-state index contributed by atoms with van der Waals surface area (Å²) in [6.07, 6.45) is 5.35. The Morgan fingerprint density at radius 3 is 2.60 bits per heavy atom. The van der Waals surface area contributed by atoms with Crippen LogP contribution in [0.1, 0.15) is 33.4 Å². The van der Waals surface area contributed by atoms with Crippen LogP contribution in [0.2, 0.25) is 0 Å². The first-order valence-electron chi connectivity index (χ1n) is 13.7. The Morgan fingerprint density at radius 1 is 1.12 bits per heavy atom. The minimum atomic E-state index is -0.401. The van der Waals surface area contributed by atoms with Gasteiger partial charge < -0.3 is 14.8 Å². The summed E-state index contributed by atoms with van der Waals surface area (Å²) in [4.78, 5) is 15.6. The van der Waals surface area contributed by atoms with E-state index >= 15 is 0 Å². The third-order valence-electron chi connectivity index (χ3n) is 7.09. The number of anilines is 2. The molecule has 0 saturated carbocycles. The van der Waals surface area contributed by atoms with E-state index in [0.29, 0.717) is 23.8 Å². The molecule has 1 fully saturated rings. The first-order valence-corrected chi connectivity index (χ1v) is 13.7. The lowest BCUT2D eigenvalue weighted by molar-refractivity contribution is -0.0599. The topological polar surface area (TPSA) is 104 Å². The van der Waals surface area contributed by atoms with Gasteiger partial charge in [0.05, 0.1) is 42.5 Å². The molecule has 1 unspecified atom stereocenters. The molecular formula is C30H38N6O4. The van der Waals surface area contributed by atoms with Crippen molar-refractivity contribution < 1.29 is 19.5 Å². The fourth-order valence-electron chi connectivity index (χ4n) is 4.67. The van der Waals surface area contributed by atoms with Crippen LogP contribution in [0.15, 0.2) is 60.8 Å². The third-order valence-corrected chi connectivity index (χ3v) is 7.09. The molecule has 40 heavy (non-hydrogen) atoms. The number of nitrogens with zero attached hydrogens (tertiary/aromatic N) is 4. The first-order chi connectivity index (χ1) is 19.2. The molecule has 212 valence electrons. The highest BCUT2D eigenvalue weighted by Crippen LogP contribution is 2.32. The van der Waals surface area contributed by atoms with E-state index < -0.39 is 6.03 Å². The van der Waals surface area contributed by atoms with Crippen LogP contribution in [0, 0.1) is 0 Å². The molecule has 2 aliphatic rings. The van der Waals surface area contributed by atoms with Crippen LogP contribution in [0.5, 0.6) is 5.75 Å². The predicted octanol–water partition coefficient (Wildman–Crippen LogP) is 5.14. The second-order valence-electron chi connectivity index (χ2n) is 11.1. The number of fused-ring (bicyclic) bond motifs is 1. The van der Waals surface area contributed by atoms with Gasteiger partial charge in [-0.25, -0.2) is 9.48 Å². The van der Waals surface area contributed by atoms with Crippen LogP contribution < -0.4 is 15.4 Å². The summed E-state index contributed by atoms with van der Waals surface area (Å²) in [6, 6.07) is 12.9. The largest absolute Gasteiger partial charge is 0.492 e. The second-order valence-corrected chi connectivity index (χ2v) is 11.1. The summed E-state index contributed by atoms with van der Waals surface area (Å²) < 4.78 is 13.2. The van der Waals surface area contributed by atoms with Crippen molar-refractivity contribution in [1.29, 1.82) is 0 Å². The van der Waals surface area contributed by atoms with Gasteiger partial charge >= 0.3 is 6.03 Å². The Labute approximate surface area is 234 Å². The Kier molecular flexibility index (Phi) is 8.11. The number of carbonyl (C=O) groups excluding carboxylic acids is 1. The van der Waals surface area contributed by atoms with Crippen molar-refractivity contribution >= 4 is 34.0 Å². The zero-order valence-electron chi connectivity index (χ0n) is 23.6. The van der Waals surface area contributed by atoms with Crippen LogP contribution in [0.3, 0.4) is 0 Å². The van der Waals surface area contributed by atoms with Gasteiger partial charge in [0, 0.05) is 41.9 Å². The average Bonchev–Trinajstić information content (AvgIpc) is 3.36. The fraction of sp³-hybridized carbons (Fsp3) is 0.400. The number of benzene rings is 2. The van der Waals surface area contributed by atoms with Crippen LogP contribution in [0.25, 0.3) is 16.5 Å². The molecule has 0 aliphatic carbocycles. The Bertz CT molecular complexity index is 1420. The van der Waals surface area contributed by atoms with Crippen molar-refractivity contribution in [1.82, 2.24) is 19.7 Å². The Morgan fingerprint density at radius 2 is 1.88 bits per heavy atom. The molecule has 3 N–H and O–H groups in total. The van der Waals surface area contributed by atoms with E-state index in [1.807, 2.05) is 61.5 Å². The molecule has 1 aromatic heterocycles. The predicted molar refractivity (Wildman–Crippen MR) is 157 cm³/mol. The van der Waals surface area contributed by atoms with E-state index in [1.54, 1.807) is 10.9 Å². The highest BCUT2D eigenvalue weighted by molar-refractivity contribution is 6.07. The number of hydrogen-bond donors (Lipinski definition) is 3. The van der Waals surface area contributed by atoms with Crippen molar-refractivity contribution in [3.05, 3.63) is 66.5 Å². The lowest BCUT2D eigenvalue weighted by Gasteiger charge is -2.26. The number of urea groups is 1. The summed E-state index contributed by atoms with van der Waals surface area (Å²) >= 11 is 0. The number of carbonyl (C=O) groups is 1. The number of hydrogen-bond acceptors (Lipinski definition) is 7. The monoisotopic (exact) mass is 546 g/mol. The van der Waals surface area contributed by atoms with Crippen LogP contribution >= 0.6 is 0 Å². The zero-order valence-corrected chi connectivity index (χ0v) is 23.6. The third kappa shape index (κ3) is 6.30. The van der Waals surface area contributed by atoms with E-state index in [0.717, 1.165) is 60.1 Å². The molecular weight excluding hydrogens is 508 g/mol. The van der Waals surface area contributed by atoms with Gasteiger partial charge in [0.1, 0.15) is 18.2 Å². The molecule has 2 aliphatic heterocycles. The summed E-state index contributed by atoms with van der Waals surface area (Å²) in [5.41, 5.74) is 1.87. The maximum Gasteiger partial charge on any atom is 0.324 e. The Hall–Kier alpha value is -3.86. The number of amides is 2. The molecule has 3 aromatic rings. The van der Waals surface area contributed by atoms with Gasteiger partial charge in [-0.15, -0.1) is 0 Å². The van der Waals surface area contributed by atoms with Crippen molar-refractivity contribution in [2.24, 2.45) is 0 Å². The summed E-state index contributed by atoms with van der Waals surface area (Å²) in [7, 11) is 0. The van der Waals surface area contributed by atoms with E-state index in [2.05, 4.69) is 36.3 Å². The molecule has 1 atom stereocenters. The van der Waals surface area contributed by atoms with Crippen LogP contribution in [0.4, 0.5) is 16.3 Å². The van der Waals surface area contributed by atoms with Gasteiger partial charge in [-0.1, -0.05) is 51.1 Å². The number of morpholine rings is 1. The normalized spacial score (nSPS) is 18.1. The number of ether oxygens (including phenoxy) is 2. The standard InChI is InChI=1S/C30H38N6O4/c1-21-9-10-22(20-35(21)38)36-28(19-27(33-36)30(2,3)4)32-29(37)31-25-11-12-26(24-8-6-5-7-23(24)25)40-18-15-34-13-16-39-17-14-34/h5-12,19-21,38H,13-18H2,1-4H3,(H2,31,32,37). The van der Waals surface area contributed by atoms with Crippen molar-refractivity contribution in [3.63, 3.8) is 0 Å². The van der Waals surface area contributed by atoms with Crippen molar-refractivity contribution in [3.8, 4) is 5.75 Å². The van der Waals surface area contributed by atoms with E-state index in [4.69, 9.17) is 14.6 Å². The molecule has 0 spiro atoms. The van der Waals surface area contributed by atoms with Crippen molar-refractivity contribution in [2.75, 3.05) is 50.1 Å². The lowest BCUT2D eigenvalue weighted by atomic mass is 9.92. The second kappa shape index (κ2) is 11.7. The maximum absolute atomic E-state index is 13.3. The summed E-state index contributed by atoms with van der Waals surface area (Å²) in [5, 5.41) is 23.9. The molecule has 3 heterocycles. The number of nitrogens with one attached hydrogen (secondary N) is 2. The fourth-order valence-corrected chi connectivity index (χ4v) is 4.67. The quantitative estimate of drug-likeness (QED) is 0.377. The van der Waals surface area contributed by atoms with Gasteiger partial charge in [0.2, 0.25) is 0 Å². The summed E-state index contributed by atoms with van der Waals surface area (Å²) in [6.45, 7) is 12.8. The average molecular weight is 547 g/mol. The van der Waals surface area contributed by atoms with E-state index in [9.17, 15) is 10.0 Å². The van der Waals surface area contributed by atoms with Gasteiger partial charge in [0.15, 0.2) is 0 Å². The molecule has 2 aromatic carbocycles. The molecule has 0 radical (unpaired) electrons. The number of allylic oxidation sites excluding steroid dienone is 2. The molecule has 5 rings (SSSR count). The molecule has 10 heteroatoms. The van der Waals surface area contributed by atoms with Crippen LogP contribution in [-0.2, 0) is 10.2 Å². The number of hydroxylamine groups is 2. The molecule has 10 nitrogen and oxygen atoms in total. The van der Waals surface area contributed by atoms with Crippen LogP contribution in [-0.4, -0.2) is 76.5 Å². The van der Waals surface area contributed by atoms with Crippen molar-refractivity contribution in [2.45, 2.75) is 39.2 Å². The highest BCUT2D eigenvalue weighted by Gasteiger charge is 2.23. The molecule has 2 amide bonds.